The summed E-state index contributed by atoms with van der Waals surface area (Å²) >= 11 is 0. The number of hydrogen-bond acceptors (Lipinski definition) is 4. The van der Waals surface area contributed by atoms with E-state index in [1.807, 2.05) is 12.1 Å². The van der Waals surface area contributed by atoms with E-state index in [2.05, 4.69) is 11.7 Å². The molecule has 0 aliphatic carbocycles. The van der Waals surface area contributed by atoms with Crippen LogP contribution in [-0.4, -0.2) is 25.5 Å². The van der Waals surface area contributed by atoms with E-state index >= 15 is 0 Å². The second-order valence-electron chi connectivity index (χ2n) is 4.29. The van der Waals surface area contributed by atoms with Gasteiger partial charge in [0.15, 0.2) is 0 Å². The summed E-state index contributed by atoms with van der Waals surface area (Å²) in [6, 6.07) is 7.20. The highest BCUT2D eigenvalue weighted by Crippen LogP contribution is 2.13. The fraction of sp³-hybridized carbons (Fsp3) is 0.467. The van der Waals surface area contributed by atoms with E-state index in [9.17, 15) is 9.59 Å². The van der Waals surface area contributed by atoms with Crippen LogP contribution in [0, 0.1) is 0 Å². The van der Waals surface area contributed by atoms with E-state index in [0.717, 1.165) is 30.6 Å². The van der Waals surface area contributed by atoms with E-state index in [4.69, 9.17) is 4.74 Å². The number of ether oxygens (including phenoxy) is 2. The van der Waals surface area contributed by atoms with Gasteiger partial charge in [-0.25, -0.2) is 4.79 Å². The molecule has 0 spiro atoms. The molecule has 0 atom stereocenters. The van der Waals surface area contributed by atoms with Crippen molar-refractivity contribution in [2.75, 3.05) is 13.7 Å². The number of carbonyl (C=O) groups is 2. The van der Waals surface area contributed by atoms with Crippen LogP contribution < -0.4 is 4.74 Å². The smallest absolute Gasteiger partial charge is 0.374 e. The van der Waals surface area contributed by atoms with E-state index in [1.54, 1.807) is 12.1 Å². The fourth-order valence-corrected chi connectivity index (χ4v) is 1.62. The summed E-state index contributed by atoms with van der Waals surface area (Å²) in [4.78, 5) is 22.4. The van der Waals surface area contributed by atoms with Crippen molar-refractivity contribution in [1.29, 1.82) is 0 Å². The molecular formula is C15H20O4. The molecule has 0 aliphatic rings. The minimum Gasteiger partial charge on any atom is -0.494 e. The number of ketones is 1. The molecule has 4 heteroatoms. The first-order chi connectivity index (χ1) is 9.17. The lowest BCUT2D eigenvalue weighted by Gasteiger charge is -2.06. The summed E-state index contributed by atoms with van der Waals surface area (Å²) in [6.45, 7) is 2.85. The molecule has 0 fully saturated rings. The number of unbranched alkanes of at least 4 members (excludes halogenated alkanes) is 2. The number of benzene rings is 1. The Balaban J connectivity index is 2.43. The first-order valence-corrected chi connectivity index (χ1v) is 6.50. The number of esters is 1. The molecule has 0 heterocycles. The standard InChI is InChI=1S/C15H20O4/c1-3-4-5-10-19-13-8-6-12(7-9-13)11-14(16)15(17)18-2/h6-9H,3-5,10-11H2,1-2H3. The maximum Gasteiger partial charge on any atom is 0.374 e. The Hall–Kier alpha value is -1.84. The first-order valence-electron chi connectivity index (χ1n) is 6.50. The van der Waals surface area contributed by atoms with Crippen LogP contribution in [0.5, 0.6) is 5.75 Å². The minimum atomic E-state index is -0.806. The lowest BCUT2D eigenvalue weighted by atomic mass is 10.1. The summed E-state index contributed by atoms with van der Waals surface area (Å²) in [7, 11) is 1.20. The second kappa shape index (κ2) is 8.29. The number of rotatable bonds is 8. The predicted octanol–water partition coefficient (Wildman–Crippen LogP) is 2.54. The third-order valence-electron chi connectivity index (χ3n) is 2.72. The molecule has 0 unspecified atom stereocenters. The molecule has 19 heavy (non-hydrogen) atoms. The summed E-state index contributed by atoms with van der Waals surface area (Å²) in [5.41, 5.74) is 0.774. The Bertz CT molecular complexity index is 409. The molecule has 0 bridgehead atoms. The summed E-state index contributed by atoms with van der Waals surface area (Å²) < 4.78 is 9.93. The Morgan fingerprint density at radius 1 is 1.11 bits per heavy atom. The minimum absolute atomic E-state index is 0.0583. The Kier molecular flexibility index (Phi) is 6.64. The van der Waals surface area contributed by atoms with Gasteiger partial charge in [0.1, 0.15) is 5.75 Å². The van der Waals surface area contributed by atoms with Crippen LogP contribution in [0.1, 0.15) is 31.7 Å². The fourth-order valence-electron chi connectivity index (χ4n) is 1.62. The van der Waals surface area contributed by atoms with Gasteiger partial charge in [0.05, 0.1) is 13.7 Å². The first kappa shape index (κ1) is 15.2. The van der Waals surface area contributed by atoms with Gasteiger partial charge in [0, 0.05) is 6.42 Å². The van der Waals surface area contributed by atoms with Crippen molar-refractivity contribution in [1.82, 2.24) is 0 Å². The molecule has 0 radical (unpaired) electrons. The highest BCUT2D eigenvalue weighted by molar-refractivity contribution is 6.34. The zero-order valence-electron chi connectivity index (χ0n) is 11.5. The molecule has 4 nitrogen and oxygen atoms in total. The van der Waals surface area contributed by atoms with Crippen LogP contribution in [0.3, 0.4) is 0 Å². The van der Waals surface area contributed by atoms with E-state index in [1.165, 1.54) is 7.11 Å². The molecule has 1 aromatic rings. The summed E-state index contributed by atoms with van der Waals surface area (Å²) in [6.07, 6.45) is 3.42. The molecule has 0 aliphatic heterocycles. The van der Waals surface area contributed by atoms with Crippen molar-refractivity contribution < 1.29 is 19.1 Å². The topological polar surface area (TPSA) is 52.6 Å². The van der Waals surface area contributed by atoms with Crippen molar-refractivity contribution in [2.45, 2.75) is 32.6 Å². The van der Waals surface area contributed by atoms with Crippen LogP contribution in [-0.2, 0) is 20.7 Å². The van der Waals surface area contributed by atoms with E-state index < -0.39 is 11.8 Å². The summed E-state index contributed by atoms with van der Waals surface area (Å²) in [5, 5.41) is 0. The van der Waals surface area contributed by atoms with E-state index in [-0.39, 0.29) is 6.42 Å². The van der Waals surface area contributed by atoms with Gasteiger partial charge in [0.2, 0.25) is 5.78 Å². The predicted molar refractivity (Wildman–Crippen MR) is 72.2 cm³/mol. The maximum absolute atomic E-state index is 11.4. The lowest BCUT2D eigenvalue weighted by Crippen LogP contribution is -2.17. The zero-order valence-corrected chi connectivity index (χ0v) is 11.5. The van der Waals surface area contributed by atoms with Crippen LogP contribution in [0.15, 0.2) is 24.3 Å². The third kappa shape index (κ3) is 5.55. The third-order valence-corrected chi connectivity index (χ3v) is 2.72. The number of carbonyl (C=O) groups excluding carboxylic acids is 2. The van der Waals surface area contributed by atoms with Crippen molar-refractivity contribution in [3.63, 3.8) is 0 Å². The van der Waals surface area contributed by atoms with Gasteiger partial charge in [-0.1, -0.05) is 31.9 Å². The van der Waals surface area contributed by atoms with Crippen molar-refractivity contribution in [3.05, 3.63) is 29.8 Å². The van der Waals surface area contributed by atoms with Gasteiger partial charge < -0.3 is 9.47 Å². The molecular weight excluding hydrogens is 244 g/mol. The maximum atomic E-state index is 11.4. The molecule has 0 aromatic heterocycles. The Labute approximate surface area is 113 Å². The van der Waals surface area contributed by atoms with E-state index in [0.29, 0.717) is 6.61 Å². The van der Waals surface area contributed by atoms with Crippen molar-refractivity contribution >= 4 is 11.8 Å². The average molecular weight is 264 g/mol. The number of methoxy groups -OCH3 is 1. The second-order valence-corrected chi connectivity index (χ2v) is 4.29. The monoisotopic (exact) mass is 264 g/mol. The number of Topliss-reactive ketones (excluding diaryl/α,β-unsaturated/α-hetero) is 1. The molecule has 104 valence electrons. The number of hydrogen-bond donors (Lipinski definition) is 0. The SMILES string of the molecule is CCCCCOc1ccc(CC(=O)C(=O)OC)cc1. The average Bonchev–Trinajstić information content (AvgIpc) is 2.44. The van der Waals surface area contributed by atoms with Gasteiger partial charge >= 0.3 is 5.97 Å². The van der Waals surface area contributed by atoms with Crippen molar-refractivity contribution in [2.24, 2.45) is 0 Å². The Morgan fingerprint density at radius 2 is 1.79 bits per heavy atom. The van der Waals surface area contributed by atoms with Gasteiger partial charge in [-0.05, 0) is 24.1 Å². The quantitative estimate of drug-likeness (QED) is 0.411. The van der Waals surface area contributed by atoms with Crippen molar-refractivity contribution in [3.8, 4) is 5.75 Å². The van der Waals surface area contributed by atoms with Gasteiger partial charge in [-0.2, -0.15) is 0 Å². The van der Waals surface area contributed by atoms with Crippen LogP contribution in [0.25, 0.3) is 0 Å². The van der Waals surface area contributed by atoms with Crippen LogP contribution >= 0.6 is 0 Å². The van der Waals surface area contributed by atoms with Gasteiger partial charge in [-0.3, -0.25) is 4.79 Å². The molecule has 1 rings (SSSR count). The largest absolute Gasteiger partial charge is 0.494 e. The highest BCUT2D eigenvalue weighted by Gasteiger charge is 2.14. The van der Waals surface area contributed by atoms with Gasteiger partial charge in [-0.15, -0.1) is 0 Å². The molecule has 1 aromatic carbocycles. The van der Waals surface area contributed by atoms with Gasteiger partial charge in [0.25, 0.3) is 0 Å². The highest BCUT2D eigenvalue weighted by atomic mass is 16.5. The van der Waals surface area contributed by atoms with Crippen LogP contribution in [0.2, 0.25) is 0 Å². The zero-order chi connectivity index (χ0) is 14.1. The molecule has 0 N–H and O–H groups in total. The lowest BCUT2D eigenvalue weighted by molar-refractivity contribution is -0.151. The molecule has 0 saturated heterocycles. The Morgan fingerprint density at radius 3 is 2.37 bits per heavy atom. The molecule has 0 saturated carbocycles. The van der Waals surface area contributed by atoms with Crippen LogP contribution in [0.4, 0.5) is 0 Å². The molecule has 0 amide bonds. The summed E-state index contributed by atoms with van der Waals surface area (Å²) in [5.74, 6) is -0.565. The normalized spacial score (nSPS) is 10.0.